The molecule has 0 saturated carbocycles. The fraction of sp³-hybridized carbons (Fsp3) is 0.250. The lowest BCUT2D eigenvalue weighted by atomic mass is 9.95. The molecule has 4 heteroatoms. The van der Waals surface area contributed by atoms with Gasteiger partial charge in [-0.25, -0.2) is 0 Å². The maximum Gasteiger partial charge on any atom is 0.416 e. The summed E-state index contributed by atoms with van der Waals surface area (Å²) >= 11 is 0. The summed E-state index contributed by atoms with van der Waals surface area (Å²) in [4.78, 5) is 0. The Balaban J connectivity index is 2.52. The van der Waals surface area contributed by atoms with E-state index >= 15 is 0 Å². The van der Waals surface area contributed by atoms with E-state index in [9.17, 15) is 13.2 Å². The summed E-state index contributed by atoms with van der Waals surface area (Å²) in [5.41, 5.74) is 8.18. The molecule has 0 bridgehead atoms. The van der Waals surface area contributed by atoms with Crippen molar-refractivity contribution in [1.29, 1.82) is 0 Å². The van der Waals surface area contributed by atoms with Gasteiger partial charge in [-0.05, 0) is 40.8 Å². The minimum absolute atomic E-state index is 0.420. The molecule has 0 radical (unpaired) electrons. The highest BCUT2D eigenvalue weighted by Gasteiger charge is 2.30. The quantitative estimate of drug-likeness (QED) is 0.885. The van der Waals surface area contributed by atoms with Crippen molar-refractivity contribution in [2.24, 2.45) is 5.73 Å². The van der Waals surface area contributed by atoms with Gasteiger partial charge in [-0.3, -0.25) is 0 Å². The van der Waals surface area contributed by atoms with E-state index in [0.717, 1.165) is 22.8 Å². The Morgan fingerprint density at radius 1 is 1.00 bits per heavy atom. The van der Waals surface area contributed by atoms with Crippen LogP contribution in [0.4, 0.5) is 13.2 Å². The van der Waals surface area contributed by atoms with Gasteiger partial charge in [0, 0.05) is 6.54 Å². The number of benzene rings is 2. The third-order valence-electron chi connectivity index (χ3n) is 3.32. The van der Waals surface area contributed by atoms with Gasteiger partial charge in [0.15, 0.2) is 0 Å². The zero-order valence-corrected chi connectivity index (χ0v) is 11.2. The zero-order chi connectivity index (χ0) is 14.8. The van der Waals surface area contributed by atoms with Gasteiger partial charge in [-0.15, -0.1) is 0 Å². The van der Waals surface area contributed by atoms with Crippen molar-refractivity contribution in [3.8, 4) is 11.1 Å². The summed E-state index contributed by atoms with van der Waals surface area (Å²) in [6.45, 7) is 2.35. The van der Waals surface area contributed by atoms with E-state index in [2.05, 4.69) is 0 Å². The number of halogens is 3. The predicted molar refractivity (Wildman–Crippen MR) is 74.1 cm³/mol. The van der Waals surface area contributed by atoms with Gasteiger partial charge in [0.1, 0.15) is 0 Å². The summed E-state index contributed by atoms with van der Waals surface area (Å²) in [5.74, 6) is 0. The second-order valence-electron chi connectivity index (χ2n) is 4.62. The zero-order valence-electron chi connectivity index (χ0n) is 11.2. The third-order valence-corrected chi connectivity index (χ3v) is 3.32. The van der Waals surface area contributed by atoms with Crippen molar-refractivity contribution in [2.75, 3.05) is 0 Å². The molecule has 2 N–H and O–H groups in total. The van der Waals surface area contributed by atoms with Crippen LogP contribution in [-0.4, -0.2) is 0 Å². The molecular formula is C16H16F3N. The number of aryl methyl sites for hydroxylation is 1. The van der Waals surface area contributed by atoms with Crippen LogP contribution in [-0.2, 0) is 19.1 Å². The lowest BCUT2D eigenvalue weighted by molar-refractivity contribution is -0.137. The molecule has 106 valence electrons. The Morgan fingerprint density at radius 3 is 2.15 bits per heavy atom. The lowest BCUT2D eigenvalue weighted by Gasteiger charge is -2.13. The molecule has 0 spiro atoms. The highest BCUT2D eigenvalue weighted by Crippen LogP contribution is 2.34. The number of nitrogens with two attached hydrogens (primary N) is 1. The first-order valence-corrected chi connectivity index (χ1v) is 6.45. The normalized spacial score (nSPS) is 11.7. The summed E-state index contributed by atoms with van der Waals surface area (Å²) < 4.78 is 38.5. The first-order chi connectivity index (χ1) is 9.45. The van der Waals surface area contributed by atoms with Gasteiger partial charge in [-0.1, -0.05) is 37.3 Å². The van der Waals surface area contributed by atoms with Crippen LogP contribution >= 0.6 is 0 Å². The maximum atomic E-state index is 12.8. The molecule has 0 unspecified atom stereocenters. The van der Waals surface area contributed by atoms with Crippen molar-refractivity contribution in [1.82, 2.24) is 0 Å². The van der Waals surface area contributed by atoms with Gasteiger partial charge >= 0.3 is 6.18 Å². The van der Waals surface area contributed by atoms with Crippen LogP contribution in [0.1, 0.15) is 23.6 Å². The molecule has 1 nitrogen and oxygen atoms in total. The molecule has 0 heterocycles. The Hall–Kier alpha value is -1.81. The Labute approximate surface area is 116 Å². The molecule has 0 fully saturated rings. The van der Waals surface area contributed by atoms with Crippen molar-refractivity contribution in [3.05, 3.63) is 59.2 Å². The van der Waals surface area contributed by atoms with E-state index in [1.165, 1.54) is 6.07 Å². The number of hydrogen-bond acceptors (Lipinski definition) is 1. The maximum absolute atomic E-state index is 12.8. The second kappa shape index (κ2) is 5.67. The number of hydrogen-bond donors (Lipinski definition) is 1. The van der Waals surface area contributed by atoms with E-state index in [0.29, 0.717) is 18.5 Å². The van der Waals surface area contributed by atoms with Crippen LogP contribution in [0, 0.1) is 0 Å². The monoisotopic (exact) mass is 279 g/mol. The minimum atomic E-state index is -4.32. The topological polar surface area (TPSA) is 26.0 Å². The van der Waals surface area contributed by atoms with Crippen LogP contribution in [0.15, 0.2) is 42.5 Å². The molecule has 2 aromatic carbocycles. The van der Waals surface area contributed by atoms with Crippen LogP contribution < -0.4 is 5.73 Å². The van der Waals surface area contributed by atoms with Crippen molar-refractivity contribution >= 4 is 0 Å². The first kappa shape index (κ1) is 14.6. The third kappa shape index (κ3) is 3.02. The van der Waals surface area contributed by atoms with E-state index in [1.54, 1.807) is 6.07 Å². The molecule has 2 aromatic rings. The molecule has 0 saturated heterocycles. The van der Waals surface area contributed by atoms with Gasteiger partial charge in [0.25, 0.3) is 0 Å². The molecule has 20 heavy (non-hydrogen) atoms. The Kier molecular flexibility index (Phi) is 4.14. The molecule has 2 rings (SSSR count). The molecule has 0 aliphatic rings. The molecule has 0 atom stereocenters. The Bertz CT molecular complexity index is 586. The molecule has 0 amide bonds. The van der Waals surface area contributed by atoms with E-state index in [-0.39, 0.29) is 0 Å². The largest absolute Gasteiger partial charge is 0.416 e. The molecule has 0 aliphatic heterocycles. The summed E-state index contributed by atoms with van der Waals surface area (Å²) in [6, 6.07) is 11.2. The highest BCUT2D eigenvalue weighted by molar-refractivity contribution is 5.68. The van der Waals surface area contributed by atoms with Crippen molar-refractivity contribution in [3.63, 3.8) is 0 Å². The summed E-state index contributed by atoms with van der Waals surface area (Å²) in [7, 11) is 0. The second-order valence-corrected chi connectivity index (χ2v) is 4.62. The summed E-state index contributed by atoms with van der Waals surface area (Å²) in [5, 5.41) is 0. The van der Waals surface area contributed by atoms with Crippen LogP contribution in [0.25, 0.3) is 11.1 Å². The fourth-order valence-corrected chi connectivity index (χ4v) is 2.15. The van der Waals surface area contributed by atoms with E-state index in [1.807, 2.05) is 31.2 Å². The summed E-state index contributed by atoms with van der Waals surface area (Å²) in [6.07, 6.45) is -3.63. The van der Waals surface area contributed by atoms with Crippen molar-refractivity contribution < 1.29 is 13.2 Å². The van der Waals surface area contributed by atoms with Crippen molar-refractivity contribution in [2.45, 2.75) is 26.1 Å². The van der Waals surface area contributed by atoms with Crippen LogP contribution in [0.2, 0.25) is 0 Å². The van der Waals surface area contributed by atoms with E-state index < -0.39 is 11.7 Å². The number of alkyl halides is 3. The average Bonchev–Trinajstić information content (AvgIpc) is 2.45. The standard InChI is InChI=1S/C16H16F3N/c1-2-12-7-8-14(16(17,18)19)9-15(12)13-5-3-11(10-20)4-6-13/h3-9H,2,10,20H2,1H3. The molecule has 0 aliphatic carbocycles. The van der Waals surface area contributed by atoms with Crippen LogP contribution in [0.3, 0.4) is 0 Å². The van der Waals surface area contributed by atoms with E-state index in [4.69, 9.17) is 5.73 Å². The Morgan fingerprint density at radius 2 is 1.65 bits per heavy atom. The number of rotatable bonds is 3. The first-order valence-electron chi connectivity index (χ1n) is 6.45. The molecule has 0 aromatic heterocycles. The molecular weight excluding hydrogens is 263 g/mol. The van der Waals surface area contributed by atoms with Gasteiger partial charge in [0.2, 0.25) is 0 Å². The van der Waals surface area contributed by atoms with Gasteiger partial charge < -0.3 is 5.73 Å². The predicted octanol–water partition coefficient (Wildman–Crippen LogP) is 4.39. The highest BCUT2D eigenvalue weighted by atomic mass is 19.4. The van der Waals surface area contributed by atoms with Crippen LogP contribution in [0.5, 0.6) is 0 Å². The minimum Gasteiger partial charge on any atom is -0.326 e. The fourth-order valence-electron chi connectivity index (χ4n) is 2.15. The SMILES string of the molecule is CCc1ccc(C(F)(F)F)cc1-c1ccc(CN)cc1. The lowest BCUT2D eigenvalue weighted by Crippen LogP contribution is -2.05. The van der Waals surface area contributed by atoms with Gasteiger partial charge in [-0.2, -0.15) is 13.2 Å². The van der Waals surface area contributed by atoms with Gasteiger partial charge in [0.05, 0.1) is 5.56 Å². The smallest absolute Gasteiger partial charge is 0.326 e. The average molecular weight is 279 g/mol.